The third kappa shape index (κ3) is 5.91. The molecule has 304 valence electrons. The van der Waals surface area contributed by atoms with Gasteiger partial charge < -0.3 is 13.9 Å². The second-order valence-electron chi connectivity index (χ2n) is 18.7. The Bertz CT molecular complexity index is 3290. The average molecular weight is 976 g/mol. The molecular formula is C55H48N4OPt. The number of fused-ring (bicyclic) bond motifs is 11. The first-order valence-electron chi connectivity index (χ1n) is 21.2. The molecule has 1 aliphatic carbocycles. The summed E-state index contributed by atoms with van der Waals surface area (Å²) in [5.41, 5.74) is 14.2. The van der Waals surface area contributed by atoms with Crippen LogP contribution in [0, 0.1) is 19.1 Å². The molecule has 6 aromatic carbocycles. The van der Waals surface area contributed by atoms with E-state index in [4.69, 9.17) is 14.7 Å². The molecule has 9 aromatic rings. The van der Waals surface area contributed by atoms with Crippen LogP contribution in [-0.2, 0) is 43.2 Å². The topological polar surface area (TPSA) is 44.3 Å². The Labute approximate surface area is 372 Å². The molecule has 0 N–H and O–H groups in total. The number of benzene rings is 6. The van der Waals surface area contributed by atoms with E-state index in [0.717, 1.165) is 61.9 Å². The van der Waals surface area contributed by atoms with Crippen molar-refractivity contribution in [3.63, 3.8) is 0 Å². The molecule has 4 heterocycles. The van der Waals surface area contributed by atoms with Crippen molar-refractivity contribution in [1.29, 1.82) is 0 Å². The van der Waals surface area contributed by atoms with Gasteiger partial charge in [0.2, 0.25) is 0 Å². The van der Waals surface area contributed by atoms with Crippen molar-refractivity contribution in [3.05, 3.63) is 173 Å². The molecule has 0 unspecified atom stereocenters. The summed E-state index contributed by atoms with van der Waals surface area (Å²) in [6.45, 7) is 17.9. The van der Waals surface area contributed by atoms with E-state index in [1.807, 2.05) is 12.3 Å². The van der Waals surface area contributed by atoms with E-state index in [1.54, 1.807) is 0 Å². The van der Waals surface area contributed by atoms with Crippen molar-refractivity contribution in [2.24, 2.45) is 4.99 Å². The molecule has 0 radical (unpaired) electrons. The SMILES string of the molecule is Cc1ccc2c(c1)c1ccc(-n3c4ccc(C(C)(C)C)cc4c4cccnc43)[c-]c1n2-c1[c-]c(C2=N[C@]3(C)Cc4ccccc4-c4ccccc4[C@]3(C)O2)cc(C(C)C)c1.[Pt+2]. The number of aryl methyl sites for hydroxylation is 1. The summed E-state index contributed by atoms with van der Waals surface area (Å²) < 4.78 is 11.9. The van der Waals surface area contributed by atoms with Crippen molar-refractivity contribution in [3.8, 4) is 22.5 Å². The molecule has 0 saturated heterocycles. The summed E-state index contributed by atoms with van der Waals surface area (Å²) in [7, 11) is 0. The van der Waals surface area contributed by atoms with Gasteiger partial charge in [-0.3, -0.25) is 4.99 Å². The number of hydrogen-bond donors (Lipinski definition) is 0. The van der Waals surface area contributed by atoms with Gasteiger partial charge in [0.25, 0.3) is 0 Å². The molecule has 0 bridgehead atoms. The van der Waals surface area contributed by atoms with Gasteiger partial charge >= 0.3 is 21.1 Å². The fourth-order valence-corrected chi connectivity index (χ4v) is 9.90. The van der Waals surface area contributed by atoms with Crippen molar-refractivity contribution < 1.29 is 25.8 Å². The smallest absolute Gasteiger partial charge is 0.508 e. The van der Waals surface area contributed by atoms with E-state index in [1.165, 1.54) is 44.2 Å². The first-order chi connectivity index (χ1) is 28.8. The Morgan fingerprint density at radius 2 is 1.44 bits per heavy atom. The fraction of sp³-hybridized carbons (Fsp3) is 0.236. The predicted octanol–water partition coefficient (Wildman–Crippen LogP) is 13.3. The molecule has 11 rings (SSSR count). The Morgan fingerprint density at radius 3 is 2.25 bits per heavy atom. The minimum Gasteiger partial charge on any atom is -0.508 e. The Kier molecular flexibility index (Phi) is 8.96. The zero-order chi connectivity index (χ0) is 41.3. The third-order valence-electron chi connectivity index (χ3n) is 13.4. The first-order valence-corrected chi connectivity index (χ1v) is 21.2. The van der Waals surface area contributed by atoms with Crippen LogP contribution in [0.5, 0.6) is 0 Å². The normalized spacial score (nSPS) is 18.5. The van der Waals surface area contributed by atoms with Gasteiger partial charge in [-0.25, -0.2) is 4.98 Å². The number of rotatable bonds is 4. The van der Waals surface area contributed by atoms with E-state index in [9.17, 15) is 0 Å². The molecule has 0 amide bonds. The molecule has 0 fully saturated rings. The van der Waals surface area contributed by atoms with Crippen LogP contribution >= 0.6 is 0 Å². The third-order valence-corrected chi connectivity index (χ3v) is 13.4. The zero-order valence-electron chi connectivity index (χ0n) is 35.9. The first kappa shape index (κ1) is 39.4. The molecule has 0 spiro atoms. The molecule has 5 nitrogen and oxygen atoms in total. The predicted molar refractivity (Wildman–Crippen MR) is 247 cm³/mol. The maximum absolute atomic E-state index is 7.25. The van der Waals surface area contributed by atoms with Gasteiger partial charge in [0.1, 0.15) is 17.1 Å². The van der Waals surface area contributed by atoms with E-state index in [2.05, 4.69) is 192 Å². The van der Waals surface area contributed by atoms with Gasteiger partial charge in [-0.1, -0.05) is 124 Å². The number of hydrogen-bond acceptors (Lipinski definition) is 3. The second kappa shape index (κ2) is 13.9. The second-order valence-corrected chi connectivity index (χ2v) is 18.7. The molecule has 2 aliphatic rings. The molecule has 0 saturated carbocycles. The van der Waals surface area contributed by atoms with Crippen LogP contribution in [0.25, 0.3) is 66.2 Å². The van der Waals surface area contributed by atoms with Crippen LogP contribution < -0.4 is 0 Å². The monoisotopic (exact) mass is 975 g/mol. The van der Waals surface area contributed by atoms with E-state index in [-0.39, 0.29) is 32.4 Å². The summed E-state index contributed by atoms with van der Waals surface area (Å²) in [6.07, 6.45) is 2.65. The Hall–Kier alpha value is -5.77. The quantitative estimate of drug-likeness (QED) is 0.165. The van der Waals surface area contributed by atoms with Gasteiger partial charge in [-0.05, 0) is 95.8 Å². The van der Waals surface area contributed by atoms with Crippen molar-refractivity contribution in [2.45, 2.75) is 84.3 Å². The van der Waals surface area contributed by atoms with E-state index in [0.29, 0.717) is 5.90 Å². The molecule has 6 heteroatoms. The maximum Gasteiger partial charge on any atom is 2.00 e. The van der Waals surface area contributed by atoms with Crippen LogP contribution in [0.15, 0.2) is 133 Å². The average Bonchev–Trinajstić information content (AvgIpc) is 3.82. The number of nitrogens with zero attached hydrogens (tertiary/aromatic N) is 4. The summed E-state index contributed by atoms with van der Waals surface area (Å²) in [4.78, 5) is 10.5. The molecular weight excluding hydrogens is 928 g/mol. The van der Waals surface area contributed by atoms with Crippen LogP contribution in [0.1, 0.15) is 87.8 Å². The van der Waals surface area contributed by atoms with Crippen LogP contribution in [0.4, 0.5) is 0 Å². The summed E-state index contributed by atoms with van der Waals surface area (Å²) >= 11 is 0. The van der Waals surface area contributed by atoms with Crippen molar-refractivity contribution in [2.75, 3.05) is 0 Å². The van der Waals surface area contributed by atoms with Crippen molar-refractivity contribution >= 4 is 49.6 Å². The van der Waals surface area contributed by atoms with Crippen LogP contribution in [0.3, 0.4) is 0 Å². The zero-order valence-corrected chi connectivity index (χ0v) is 38.2. The van der Waals surface area contributed by atoms with Gasteiger partial charge in [-0.2, -0.15) is 6.07 Å². The summed E-state index contributed by atoms with van der Waals surface area (Å²) in [5, 5.41) is 4.64. The Morgan fingerprint density at radius 1 is 0.705 bits per heavy atom. The molecule has 2 atom stereocenters. The van der Waals surface area contributed by atoms with Gasteiger partial charge in [0, 0.05) is 34.5 Å². The minimum absolute atomic E-state index is 0. The number of pyridine rings is 1. The largest absolute Gasteiger partial charge is 2.00 e. The minimum atomic E-state index is -0.698. The molecule has 61 heavy (non-hydrogen) atoms. The summed E-state index contributed by atoms with van der Waals surface area (Å²) in [6, 6.07) is 52.0. The van der Waals surface area contributed by atoms with Crippen molar-refractivity contribution in [1.82, 2.24) is 14.1 Å². The van der Waals surface area contributed by atoms with Gasteiger partial charge in [0.05, 0.1) is 11.1 Å². The van der Waals surface area contributed by atoms with E-state index < -0.39 is 11.1 Å². The van der Waals surface area contributed by atoms with Gasteiger partial charge in [-0.15, -0.1) is 41.3 Å². The maximum atomic E-state index is 7.25. The molecule has 1 aliphatic heterocycles. The number of ether oxygens (including phenoxy) is 1. The van der Waals surface area contributed by atoms with Crippen LogP contribution in [0.2, 0.25) is 0 Å². The standard InChI is InChI=1S/C55H48N4O.Pt/c1-33(2)36-27-37(52-57-54(7)32-35-14-9-10-15-41(35)42-16-11-12-18-47(42)55(54,8)60-52)29-40(28-36)58-48-23-19-34(3)26-45(48)43-22-21-39(31-50(43)58)59-49-24-20-38(53(4,5)6)30-46(49)44-17-13-25-56-51(44)59;/h9-28,30,33H,32H2,1-8H3;/q-2;+2/t54-,55+;/m1./s1. The fourth-order valence-electron chi connectivity index (χ4n) is 9.90. The number of aliphatic imine (C=N–C) groups is 1. The molecule has 3 aromatic heterocycles. The van der Waals surface area contributed by atoms with Gasteiger partial charge in [0.15, 0.2) is 0 Å². The Balaban J connectivity index is 0.00000445. The van der Waals surface area contributed by atoms with Crippen LogP contribution in [-0.4, -0.2) is 25.6 Å². The van der Waals surface area contributed by atoms with E-state index >= 15 is 0 Å². The summed E-state index contributed by atoms with van der Waals surface area (Å²) in [5.74, 6) is 0.880. The number of aromatic nitrogens is 3.